The molecule has 0 spiro atoms. The van der Waals surface area contributed by atoms with Crippen LogP contribution in [0.3, 0.4) is 0 Å². The van der Waals surface area contributed by atoms with Gasteiger partial charge in [-0.1, -0.05) is 42.5 Å². The Morgan fingerprint density at radius 1 is 0.806 bits per heavy atom. The van der Waals surface area contributed by atoms with Crippen molar-refractivity contribution in [1.82, 2.24) is 0 Å². The Kier molecular flexibility index (Phi) is 7.37. The summed E-state index contributed by atoms with van der Waals surface area (Å²) in [6, 6.07) is 22.5. The highest BCUT2D eigenvalue weighted by Crippen LogP contribution is 2.16. The summed E-state index contributed by atoms with van der Waals surface area (Å²) in [6.45, 7) is -0.130. The van der Waals surface area contributed by atoms with Crippen LogP contribution in [0.4, 0.5) is 5.69 Å². The first-order valence-corrected chi connectivity index (χ1v) is 9.48. The molecule has 1 N–H and O–H groups in total. The molecule has 0 radical (unpaired) electrons. The van der Waals surface area contributed by atoms with E-state index in [0.717, 1.165) is 11.3 Å². The number of amides is 1. The zero-order chi connectivity index (χ0) is 22.1. The molecular weight excluding hydrogens is 398 g/mol. The van der Waals surface area contributed by atoms with Crippen LogP contribution in [0.2, 0.25) is 0 Å². The molecule has 0 heterocycles. The van der Waals surface area contributed by atoms with Crippen LogP contribution < -0.4 is 10.1 Å². The fourth-order valence-corrected chi connectivity index (χ4v) is 2.70. The molecule has 1 amide bonds. The van der Waals surface area contributed by atoms with E-state index >= 15 is 0 Å². The summed E-state index contributed by atoms with van der Waals surface area (Å²) in [5, 5.41) is 2.54. The Balaban J connectivity index is 1.50. The molecule has 7 heteroatoms. The molecule has 3 aromatic carbocycles. The van der Waals surface area contributed by atoms with Crippen molar-refractivity contribution in [3.63, 3.8) is 0 Å². The van der Waals surface area contributed by atoms with Crippen LogP contribution in [0.25, 0.3) is 0 Å². The van der Waals surface area contributed by atoms with E-state index in [-0.39, 0.29) is 11.3 Å². The standard InChI is InChI=1S/C24H21NO6/c1-29-24(28)20-9-5-6-10-21(20)25-22(26)16-31-23(27)18-13-11-17(12-14-18)15-30-19-7-3-2-4-8-19/h2-14H,15-16H2,1H3,(H,25,26). The van der Waals surface area contributed by atoms with E-state index < -0.39 is 24.5 Å². The molecule has 3 rings (SSSR count). The lowest BCUT2D eigenvalue weighted by Crippen LogP contribution is -2.22. The first kappa shape index (κ1) is 21.6. The van der Waals surface area contributed by atoms with E-state index in [1.807, 2.05) is 30.3 Å². The Morgan fingerprint density at radius 3 is 2.19 bits per heavy atom. The quantitative estimate of drug-likeness (QED) is 0.558. The third kappa shape index (κ3) is 6.17. The highest BCUT2D eigenvalue weighted by atomic mass is 16.5. The number of rotatable bonds is 8. The van der Waals surface area contributed by atoms with Gasteiger partial charge in [0.15, 0.2) is 6.61 Å². The minimum absolute atomic E-state index is 0.206. The van der Waals surface area contributed by atoms with E-state index in [2.05, 4.69) is 10.1 Å². The van der Waals surface area contributed by atoms with Crippen molar-refractivity contribution >= 4 is 23.5 Å². The average Bonchev–Trinajstić information content (AvgIpc) is 2.82. The second kappa shape index (κ2) is 10.6. The number of ether oxygens (including phenoxy) is 3. The molecule has 0 saturated carbocycles. The summed E-state index contributed by atoms with van der Waals surface area (Å²) in [7, 11) is 1.25. The second-order valence-corrected chi connectivity index (χ2v) is 6.46. The third-order valence-corrected chi connectivity index (χ3v) is 4.28. The molecule has 0 unspecified atom stereocenters. The number of anilines is 1. The third-order valence-electron chi connectivity index (χ3n) is 4.28. The largest absolute Gasteiger partial charge is 0.489 e. The van der Waals surface area contributed by atoms with Gasteiger partial charge in [-0.05, 0) is 42.0 Å². The summed E-state index contributed by atoms with van der Waals surface area (Å²) in [6.07, 6.45) is 0. The van der Waals surface area contributed by atoms with Gasteiger partial charge in [-0.3, -0.25) is 4.79 Å². The molecule has 0 aliphatic heterocycles. The maximum absolute atomic E-state index is 12.2. The summed E-state index contributed by atoms with van der Waals surface area (Å²) in [4.78, 5) is 36.1. The number of carbonyl (C=O) groups is 3. The zero-order valence-electron chi connectivity index (χ0n) is 16.9. The van der Waals surface area contributed by atoms with Crippen molar-refractivity contribution in [2.75, 3.05) is 19.0 Å². The SMILES string of the molecule is COC(=O)c1ccccc1NC(=O)COC(=O)c1ccc(COc2ccccc2)cc1. The number of carbonyl (C=O) groups excluding carboxylic acids is 3. The van der Waals surface area contributed by atoms with Crippen molar-refractivity contribution in [2.45, 2.75) is 6.61 Å². The van der Waals surface area contributed by atoms with E-state index in [0.29, 0.717) is 12.2 Å². The Morgan fingerprint density at radius 2 is 1.48 bits per heavy atom. The molecule has 0 atom stereocenters. The number of hydrogen-bond acceptors (Lipinski definition) is 6. The maximum Gasteiger partial charge on any atom is 0.339 e. The van der Waals surface area contributed by atoms with Crippen LogP contribution in [0.15, 0.2) is 78.9 Å². The number of nitrogens with one attached hydrogen (secondary N) is 1. The molecule has 0 aromatic heterocycles. The molecule has 3 aromatic rings. The first-order valence-electron chi connectivity index (χ1n) is 9.48. The summed E-state index contributed by atoms with van der Waals surface area (Å²) in [5.41, 5.74) is 1.68. The van der Waals surface area contributed by atoms with Gasteiger partial charge in [0.25, 0.3) is 5.91 Å². The van der Waals surface area contributed by atoms with Crippen LogP contribution in [-0.4, -0.2) is 31.6 Å². The minimum atomic E-state index is -0.632. The molecule has 0 fully saturated rings. The number of para-hydroxylation sites is 2. The van der Waals surface area contributed by atoms with Crippen molar-refractivity contribution in [1.29, 1.82) is 0 Å². The lowest BCUT2D eigenvalue weighted by molar-refractivity contribution is -0.119. The molecule has 0 bridgehead atoms. The predicted molar refractivity (Wildman–Crippen MR) is 114 cm³/mol. The van der Waals surface area contributed by atoms with Gasteiger partial charge in [0.05, 0.1) is 23.9 Å². The maximum atomic E-state index is 12.2. The molecule has 158 valence electrons. The van der Waals surface area contributed by atoms with Gasteiger partial charge in [-0.2, -0.15) is 0 Å². The van der Waals surface area contributed by atoms with Crippen LogP contribution >= 0.6 is 0 Å². The molecule has 0 aliphatic carbocycles. The Labute approximate surface area is 179 Å². The van der Waals surface area contributed by atoms with Gasteiger partial charge in [0.1, 0.15) is 12.4 Å². The highest BCUT2D eigenvalue weighted by Gasteiger charge is 2.15. The second-order valence-electron chi connectivity index (χ2n) is 6.46. The van der Waals surface area contributed by atoms with Crippen molar-refractivity contribution in [2.24, 2.45) is 0 Å². The Hall–Kier alpha value is -4.13. The van der Waals surface area contributed by atoms with Crippen LogP contribution in [0.1, 0.15) is 26.3 Å². The summed E-state index contributed by atoms with van der Waals surface area (Å²) in [5.74, 6) is -1.03. The van der Waals surface area contributed by atoms with Gasteiger partial charge in [-0.25, -0.2) is 9.59 Å². The fourth-order valence-electron chi connectivity index (χ4n) is 2.70. The van der Waals surface area contributed by atoms with Gasteiger partial charge >= 0.3 is 11.9 Å². The van der Waals surface area contributed by atoms with Gasteiger partial charge in [0.2, 0.25) is 0 Å². The number of hydrogen-bond donors (Lipinski definition) is 1. The Bertz CT molecular complexity index is 1050. The topological polar surface area (TPSA) is 90.9 Å². The van der Waals surface area contributed by atoms with E-state index in [9.17, 15) is 14.4 Å². The molecule has 7 nitrogen and oxygen atoms in total. The zero-order valence-corrected chi connectivity index (χ0v) is 16.9. The van der Waals surface area contributed by atoms with Crippen molar-refractivity contribution < 1.29 is 28.6 Å². The van der Waals surface area contributed by atoms with Crippen molar-refractivity contribution in [3.05, 3.63) is 95.6 Å². The molecular formula is C24H21NO6. The normalized spacial score (nSPS) is 10.1. The van der Waals surface area contributed by atoms with E-state index in [1.54, 1.807) is 42.5 Å². The van der Waals surface area contributed by atoms with Crippen LogP contribution in [0, 0.1) is 0 Å². The summed E-state index contributed by atoms with van der Waals surface area (Å²) < 4.78 is 15.4. The fraction of sp³-hybridized carbons (Fsp3) is 0.125. The van der Waals surface area contributed by atoms with Gasteiger partial charge in [-0.15, -0.1) is 0 Å². The summed E-state index contributed by atoms with van der Waals surface area (Å²) >= 11 is 0. The number of esters is 2. The van der Waals surface area contributed by atoms with Gasteiger partial charge in [0, 0.05) is 0 Å². The molecule has 31 heavy (non-hydrogen) atoms. The smallest absolute Gasteiger partial charge is 0.339 e. The first-order chi connectivity index (χ1) is 15.1. The van der Waals surface area contributed by atoms with Crippen LogP contribution in [0.5, 0.6) is 5.75 Å². The minimum Gasteiger partial charge on any atom is -0.489 e. The highest BCUT2D eigenvalue weighted by molar-refractivity contribution is 6.02. The van der Waals surface area contributed by atoms with Gasteiger partial charge < -0.3 is 19.5 Å². The average molecular weight is 419 g/mol. The monoisotopic (exact) mass is 419 g/mol. The number of benzene rings is 3. The lowest BCUT2D eigenvalue weighted by atomic mass is 10.1. The molecule has 0 saturated heterocycles. The van der Waals surface area contributed by atoms with Crippen LogP contribution in [-0.2, 0) is 20.9 Å². The van der Waals surface area contributed by atoms with E-state index in [1.165, 1.54) is 13.2 Å². The number of methoxy groups -OCH3 is 1. The van der Waals surface area contributed by atoms with E-state index in [4.69, 9.17) is 9.47 Å². The van der Waals surface area contributed by atoms with Crippen molar-refractivity contribution in [3.8, 4) is 5.75 Å². The lowest BCUT2D eigenvalue weighted by Gasteiger charge is -2.10. The predicted octanol–water partition coefficient (Wildman–Crippen LogP) is 3.85. The molecule has 0 aliphatic rings.